The maximum Gasteiger partial charge on any atom is 0.355 e. The zero-order valence-electron chi connectivity index (χ0n) is 15.3. The standard InChI is InChI=1S/C20H24N2O4/c1-12-18(14(3)23)13(2)21-19(12)20(25)26-11-17(24)22-9-8-15-6-4-5-7-16(15)10-22/h4-7,14,21,23H,8-11H2,1-3H3/t14-/m1/s1. The van der Waals surface area contributed by atoms with Crippen LogP contribution in [-0.2, 0) is 22.5 Å². The lowest BCUT2D eigenvalue weighted by atomic mass is 10.00. The third-order valence-electron chi connectivity index (χ3n) is 4.93. The number of nitrogens with one attached hydrogen (secondary N) is 1. The molecule has 26 heavy (non-hydrogen) atoms. The molecule has 2 aromatic rings. The number of rotatable bonds is 4. The molecular formula is C20H24N2O4. The molecule has 0 unspecified atom stereocenters. The van der Waals surface area contributed by atoms with E-state index in [1.54, 1.807) is 25.7 Å². The highest BCUT2D eigenvalue weighted by molar-refractivity contribution is 5.91. The Morgan fingerprint density at radius 3 is 2.62 bits per heavy atom. The second-order valence-corrected chi connectivity index (χ2v) is 6.75. The number of aliphatic hydroxyl groups is 1. The van der Waals surface area contributed by atoms with Crippen LogP contribution in [0.2, 0.25) is 0 Å². The van der Waals surface area contributed by atoms with Gasteiger partial charge in [-0.15, -0.1) is 0 Å². The smallest absolute Gasteiger partial charge is 0.355 e. The zero-order chi connectivity index (χ0) is 18.8. The zero-order valence-corrected chi connectivity index (χ0v) is 15.3. The maximum atomic E-state index is 12.4. The van der Waals surface area contributed by atoms with Crippen LogP contribution < -0.4 is 0 Å². The van der Waals surface area contributed by atoms with Gasteiger partial charge in [-0.25, -0.2) is 4.79 Å². The minimum absolute atomic E-state index is 0.204. The monoisotopic (exact) mass is 356 g/mol. The van der Waals surface area contributed by atoms with Crippen molar-refractivity contribution >= 4 is 11.9 Å². The van der Waals surface area contributed by atoms with Gasteiger partial charge in [-0.2, -0.15) is 0 Å². The molecule has 0 aliphatic carbocycles. The van der Waals surface area contributed by atoms with Crippen molar-refractivity contribution in [2.24, 2.45) is 0 Å². The van der Waals surface area contributed by atoms with E-state index in [2.05, 4.69) is 11.1 Å². The van der Waals surface area contributed by atoms with Crippen molar-refractivity contribution in [2.45, 2.75) is 39.8 Å². The average molecular weight is 356 g/mol. The first-order chi connectivity index (χ1) is 12.4. The number of hydrogen-bond acceptors (Lipinski definition) is 4. The number of esters is 1. The van der Waals surface area contributed by atoms with E-state index in [-0.39, 0.29) is 18.2 Å². The Morgan fingerprint density at radius 1 is 1.27 bits per heavy atom. The van der Waals surface area contributed by atoms with Gasteiger partial charge in [0.1, 0.15) is 5.69 Å². The highest BCUT2D eigenvalue weighted by Gasteiger charge is 2.24. The van der Waals surface area contributed by atoms with E-state index in [4.69, 9.17) is 4.74 Å². The first-order valence-corrected chi connectivity index (χ1v) is 8.77. The number of carbonyl (C=O) groups excluding carboxylic acids is 2. The van der Waals surface area contributed by atoms with Crippen molar-refractivity contribution in [1.82, 2.24) is 9.88 Å². The molecule has 6 heteroatoms. The first-order valence-electron chi connectivity index (χ1n) is 8.77. The Bertz CT molecular complexity index is 838. The van der Waals surface area contributed by atoms with Gasteiger partial charge in [0.2, 0.25) is 0 Å². The second kappa shape index (κ2) is 7.33. The molecule has 138 valence electrons. The molecule has 1 aliphatic rings. The number of ether oxygens (including phenoxy) is 1. The van der Waals surface area contributed by atoms with Crippen LogP contribution in [0.15, 0.2) is 24.3 Å². The number of H-pyrrole nitrogens is 1. The summed E-state index contributed by atoms with van der Waals surface area (Å²) in [6.07, 6.45) is 0.130. The minimum atomic E-state index is -0.678. The van der Waals surface area contributed by atoms with Crippen molar-refractivity contribution in [3.63, 3.8) is 0 Å². The summed E-state index contributed by atoms with van der Waals surface area (Å²) >= 11 is 0. The average Bonchev–Trinajstić information content (AvgIpc) is 2.93. The molecule has 2 N–H and O–H groups in total. The van der Waals surface area contributed by atoms with Crippen LogP contribution in [0.4, 0.5) is 0 Å². The fourth-order valence-corrected chi connectivity index (χ4v) is 3.59. The summed E-state index contributed by atoms with van der Waals surface area (Å²) < 4.78 is 5.22. The number of aromatic nitrogens is 1. The number of benzene rings is 1. The van der Waals surface area contributed by atoms with E-state index in [1.165, 1.54) is 5.56 Å². The lowest BCUT2D eigenvalue weighted by Crippen LogP contribution is -2.38. The van der Waals surface area contributed by atoms with Crippen LogP contribution in [0.3, 0.4) is 0 Å². The lowest BCUT2D eigenvalue weighted by molar-refractivity contribution is -0.135. The highest BCUT2D eigenvalue weighted by atomic mass is 16.5. The van der Waals surface area contributed by atoms with Gasteiger partial charge < -0.3 is 19.7 Å². The Morgan fingerprint density at radius 2 is 1.96 bits per heavy atom. The summed E-state index contributed by atoms with van der Waals surface area (Å²) in [6.45, 7) is 6.08. The number of aromatic amines is 1. The van der Waals surface area contributed by atoms with Crippen molar-refractivity contribution < 1.29 is 19.4 Å². The van der Waals surface area contributed by atoms with E-state index in [0.29, 0.717) is 24.2 Å². The first kappa shape index (κ1) is 18.2. The predicted octanol–water partition coefficient (Wildman–Crippen LogP) is 2.43. The van der Waals surface area contributed by atoms with Crippen LogP contribution >= 0.6 is 0 Å². The number of amides is 1. The molecule has 0 saturated carbocycles. The lowest BCUT2D eigenvalue weighted by Gasteiger charge is -2.28. The number of hydrogen-bond donors (Lipinski definition) is 2. The van der Waals surface area contributed by atoms with Gasteiger partial charge in [0.25, 0.3) is 5.91 Å². The molecule has 0 fully saturated rings. The Balaban J connectivity index is 1.62. The van der Waals surface area contributed by atoms with Gasteiger partial charge in [-0.05, 0) is 43.9 Å². The molecule has 6 nitrogen and oxygen atoms in total. The van der Waals surface area contributed by atoms with Gasteiger partial charge in [0.05, 0.1) is 6.10 Å². The fraction of sp³-hybridized carbons (Fsp3) is 0.400. The molecule has 0 radical (unpaired) electrons. The van der Waals surface area contributed by atoms with Gasteiger partial charge in [0, 0.05) is 24.3 Å². The van der Waals surface area contributed by atoms with Crippen LogP contribution in [0.25, 0.3) is 0 Å². The molecule has 0 bridgehead atoms. The van der Waals surface area contributed by atoms with Crippen LogP contribution in [0.1, 0.15) is 51.5 Å². The van der Waals surface area contributed by atoms with Gasteiger partial charge in [-0.3, -0.25) is 4.79 Å². The van der Waals surface area contributed by atoms with Crippen molar-refractivity contribution in [3.8, 4) is 0 Å². The van der Waals surface area contributed by atoms with Gasteiger partial charge in [-0.1, -0.05) is 24.3 Å². The molecule has 1 aromatic heterocycles. The number of carbonyl (C=O) groups is 2. The molecule has 3 rings (SSSR count). The van der Waals surface area contributed by atoms with E-state index >= 15 is 0 Å². The summed E-state index contributed by atoms with van der Waals surface area (Å²) in [5.41, 5.74) is 4.75. The van der Waals surface area contributed by atoms with E-state index in [9.17, 15) is 14.7 Å². The molecule has 2 heterocycles. The van der Waals surface area contributed by atoms with Crippen molar-refractivity contribution in [3.05, 3.63) is 57.9 Å². The molecule has 1 amide bonds. The SMILES string of the molecule is Cc1[nH]c(C(=O)OCC(=O)N2CCc3ccccc3C2)c(C)c1[C@@H](C)O. The molecule has 1 aliphatic heterocycles. The third kappa shape index (κ3) is 3.51. The second-order valence-electron chi connectivity index (χ2n) is 6.75. The van der Waals surface area contributed by atoms with Crippen molar-refractivity contribution in [2.75, 3.05) is 13.2 Å². The molecular weight excluding hydrogens is 332 g/mol. The van der Waals surface area contributed by atoms with Gasteiger partial charge >= 0.3 is 5.97 Å². The van der Waals surface area contributed by atoms with Crippen LogP contribution in [0.5, 0.6) is 0 Å². The Kier molecular flexibility index (Phi) is 5.13. The summed E-state index contributed by atoms with van der Waals surface area (Å²) in [4.78, 5) is 29.4. The Labute approximate surface area is 152 Å². The topological polar surface area (TPSA) is 82.6 Å². The van der Waals surface area contributed by atoms with Crippen molar-refractivity contribution in [1.29, 1.82) is 0 Å². The molecule has 1 atom stereocenters. The fourth-order valence-electron chi connectivity index (χ4n) is 3.59. The van der Waals surface area contributed by atoms with Crippen LogP contribution in [-0.4, -0.2) is 40.0 Å². The Hall–Kier alpha value is -2.60. The van der Waals surface area contributed by atoms with E-state index < -0.39 is 12.1 Å². The third-order valence-corrected chi connectivity index (χ3v) is 4.93. The molecule has 1 aromatic carbocycles. The number of aliphatic hydroxyl groups excluding tert-OH is 1. The number of nitrogens with zero attached hydrogens (tertiary/aromatic N) is 1. The summed E-state index contributed by atoms with van der Waals surface area (Å²) in [6, 6.07) is 8.06. The number of fused-ring (bicyclic) bond motifs is 1. The van der Waals surface area contributed by atoms with Crippen LogP contribution in [0, 0.1) is 13.8 Å². The summed E-state index contributed by atoms with van der Waals surface area (Å²) in [5, 5.41) is 9.82. The molecule has 0 spiro atoms. The normalized spacial score (nSPS) is 14.7. The minimum Gasteiger partial charge on any atom is -0.451 e. The largest absolute Gasteiger partial charge is 0.451 e. The predicted molar refractivity (Wildman–Crippen MR) is 96.7 cm³/mol. The number of aryl methyl sites for hydroxylation is 1. The van der Waals surface area contributed by atoms with E-state index in [1.807, 2.05) is 18.2 Å². The van der Waals surface area contributed by atoms with E-state index in [0.717, 1.165) is 17.7 Å². The molecule has 0 saturated heterocycles. The van der Waals surface area contributed by atoms with Gasteiger partial charge in [0.15, 0.2) is 6.61 Å². The summed E-state index contributed by atoms with van der Waals surface area (Å²) in [5.74, 6) is -0.784. The maximum absolute atomic E-state index is 12.4. The summed E-state index contributed by atoms with van der Waals surface area (Å²) in [7, 11) is 0. The quantitative estimate of drug-likeness (QED) is 0.824. The highest BCUT2D eigenvalue weighted by Crippen LogP contribution is 2.25.